The van der Waals surface area contributed by atoms with Crippen molar-refractivity contribution in [1.29, 1.82) is 0 Å². The Bertz CT molecular complexity index is 556. The Morgan fingerprint density at radius 1 is 1.06 bits per heavy atom. The minimum absolute atomic E-state index is 0.270. The average molecular weight is 242 g/mol. The largest absolute Gasteiger partial charge is 0.368 e. The van der Waals surface area contributed by atoms with Crippen LogP contribution in [0.25, 0.3) is 11.4 Å². The number of nitrogens with two attached hydrogens (primary N) is 1. The number of anilines is 1. The Morgan fingerprint density at radius 2 is 1.78 bits per heavy atom. The third-order valence-electron chi connectivity index (χ3n) is 2.93. The molecule has 0 aliphatic rings. The minimum atomic E-state index is 0.270. The Hall–Kier alpha value is -1.97. The Labute approximate surface area is 107 Å². The molecule has 4 heteroatoms. The van der Waals surface area contributed by atoms with Crippen LogP contribution in [0.5, 0.6) is 0 Å². The molecule has 0 aliphatic carbocycles. The summed E-state index contributed by atoms with van der Waals surface area (Å²) < 4.78 is 0. The van der Waals surface area contributed by atoms with Crippen LogP contribution in [0.1, 0.15) is 36.7 Å². The van der Waals surface area contributed by atoms with Crippen molar-refractivity contribution in [2.45, 2.75) is 33.6 Å². The maximum Gasteiger partial charge on any atom is 0.223 e. The molecule has 2 aromatic rings. The van der Waals surface area contributed by atoms with E-state index in [0.717, 1.165) is 11.1 Å². The molecular formula is C14H18N4. The van der Waals surface area contributed by atoms with Gasteiger partial charge in [0.15, 0.2) is 5.82 Å². The first-order chi connectivity index (χ1) is 8.47. The highest BCUT2D eigenvalue weighted by atomic mass is 15.1. The van der Waals surface area contributed by atoms with Crippen LogP contribution in [0.3, 0.4) is 0 Å². The van der Waals surface area contributed by atoms with Crippen LogP contribution in [-0.4, -0.2) is 15.0 Å². The molecule has 1 heterocycles. The van der Waals surface area contributed by atoms with Crippen LogP contribution in [0.2, 0.25) is 0 Å². The van der Waals surface area contributed by atoms with E-state index in [4.69, 9.17) is 5.73 Å². The van der Waals surface area contributed by atoms with Crippen molar-refractivity contribution in [2.24, 2.45) is 0 Å². The zero-order chi connectivity index (χ0) is 13.3. The predicted molar refractivity (Wildman–Crippen MR) is 73.2 cm³/mol. The van der Waals surface area contributed by atoms with E-state index in [2.05, 4.69) is 53.9 Å². The zero-order valence-electron chi connectivity index (χ0n) is 11.2. The van der Waals surface area contributed by atoms with E-state index >= 15 is 0 Å². The molecule has 0 unspecified atom stereocenters. The molecule has 0 saturated carbocycles. The van der Waals surface area contributed by atoms with Crippen LogP contribution >= 0.6 is 0 Å². The number of hydrogen-bond acceptors (Lipinski definition) is 4. The van der Waals surface area contributed by atoms with Crippen LogP contribution in [0, 0.1) is 13.8 Å². The lowest BCUT2D eigenvalue weighted by atomic mass is 9.97. The summed E-state index contributed by atoms with van der Waals surface area (Å²) in [4.78, 5) is 12.6. The topological polar surface area (TPSA) is 64.7 Å². The number of aryl methyl sites for hydroxylation is 2. The van der Waals surface area contributed by atoms with E-state index in [0.29, 0.717) is 17.6 Å². The zero-order valence-corrected chi connectivity index (χ0v) is 11.2. The Morgan fingerprint density at radius 3 is 2.39 bits per heavy atom. The molecule has 0 atom stereocenters. The van der Waals surface area contributed by atoms with Crippen molar-refractivity contribution in [3.63, 3.8) is 0 Å². The SMILES string of the molecule is Cc1nc(N)nc(-c2cc(C(C)C)ccc2C)n1. The molecule has 0 bridgehead atoms. The first-order valence-electron chi connectivity index (χ1n) is 6.06. The lowest BCUT2D eigenvalue weighted by Gasteiger charge is -2.10. The molecule has 0 radical (unpaired) electrons. The van der Waals surface area contributed by atoms with Gasteiger partial charge in [-0.25, -0.2) is 4.98 Å². The van der Waals surface area contributed by atoms with Crippen molar-refractivity contribution < 1.29 is 0 Å². The van der Waals surface area contributed by atoms with Gasteiger partial charge in [-0.3, -0.25) is 0 Å². The Balaban J connectivity index is 2.58. The molecule has 0 aliphatic heterocycles. The van der Waals surface area contributed by atoms with Gasteiger partial charge in [-0.1, -0.05) is 26.0 Å². The summed E-state index contributed by atoms with van der Waals surface area (Å²) in [5.74, 6) is 2.04. The summed E-state index contributed by atoms with van der Waals surface area (Å²) in [6, 6.07) is 6.37. The second-order valence-electron chi connectivity index (χ2n) is 4.79. The molecule has 2 rings (SSSR count). The number of nitrogen functional groups attached to an aromatic ring is 1. The van der Waals surface area contributed by atoms with Gasteiger partial charge in [-0.15, -0.1) is 0 Å². The van der Waals surface area contributed by atoms with Crippen LogP contribution in [-0.2, 0) is 0 Å². The number of nitrogens with zero attached hydrogens (tertiary/aromatic N) is 3. The number of aromatic nitrogens is 3. The van der Waals surface area contributed by atoms with Gasteiger partial charge >= 0.3 is 0 Å². The molecule has 1 aromatic carbocycles. The fraction of sp³-hybridized carbons (Fsp3) is 0.357. The summed E-state index contributed by atoms with van der Waals surface area (Å²) in [6.07, 6.45) is 0. The number of rotatable bonds is 2. The van der Waals surface area contributed by atoms with Crippen molar-refractivity contribution in [3.05, 3.63) is 35.2 Å². The van der Waals surface area contributed by atoms with Crippen LogP contribution < -0.4 is 5.73 Å². The summed E-state index contributed by atoms with van der Waals surface area (Å²) in [5.41, 5.74) is 9.12. The third-order valence-corrected chi connectivity index (χ3v) is 2.93. The monoisotopic (exact) mass is 242 g/mol. The minimum Gasteiger partial charge on any atom is -0.368 e. The van der Waals surface area contributed by atoms with Crippen molar-refractivity contribution in [1.82, 2.24) is 15.0 Å². The highest BCUT2D eigenvalue weighted by molar-refractivity contribution is 5.62. The van der Waals surface area contributed by atoms with Gasteiger partial charge in [0.05, 0.1) is 0 Å². The van der Waals surface area contributed by atoms with Gasteiger partial charge in [0.1, 0.15) is 5.82 Å². The molecule has 94 valence electrons. The van der Waals surface area contributed by atoms with Gasteiger partial charge < -0.3 is 5.73 Å². The second kappa shape index (κ2) is 4.72. The molecule has 1 aromatic heterocycles. The van der Waals surface area contributed by atoms with Gasteiger partial charge in [-0.2, -0.15) is 9.97 Å². The molecular weight excluding hydrogens is 224 g/mol. The molecule has 4 nitrogen and oxygen atoms in total. The normalized spacial score (nSPS) is 10.9. The van der Waals surface area contributed by atoms with Crippen molar-refractivity contribution in [3.8, 4) is 11.4 Å². The highest BCUT2D eigenvalue weighted by Gasteiger charge is 2.10. The molecule has 0 amide bonds. The summed E-state index contributed by atoms with van der Waals surface area (Å²) in [6.45, 7) is 8.21. The van der Waals surface area contributed by atoms with Crippen LogP contribution in [0.4, 0.5) is 5.95 Å². The van der Waals surface area contributed by atoms with E-state index in [9.17, 15) is 0 Å². The van der Waals surface area contributed by atoms with Gasteiger partial charge in [0.25, 0.3) is 0 Å². The Kier molecular flexibility index (Phi) is 3.28. The molecule has 0 fully saturated rings. The standard InChI is InChI=1S/C14H18N4/c1-8(2)11-6-5-9(3)12(7-11)13-16-10(4)17-14(15)18-13/h5-8H,1-4H3,(H2,15,16,17,18). The first kappa shape index (κ1) is 12.5. The van der Waals surface area contributed by atoms with Gasteiger partial charge in [0, 0.05) is 5.56 Å². The van der Waals surface area contributed by atoms with Gasteiger partial charge in [0.2, 0.25) is 5.95 Å². The van der Waals surface area contributed by atoms with E-state index in [1.807, 2.05) is 6.92 Å². The van der Waals surface area contributed by atoms with E-state index in [-0.39, 0.29) is 5.95 Å². The first-order valence-corrected chi connectivity index (χ1v) is 6.06. The van der Waals surface area contributed by atoms with Gasteiger partial charge in [-0.05, 0) is 37.0 Å². The van der Waals surface area contributed by atoms with E-state index in [1.165, 1.54) is 5.56 Å². The molecule has 0 saturated heterocycles. The maximum atomic E-state index is 5.68. The smallest absolute Gasteiger partial charge is 0.223 e. The van der Waals surface area contributed by atoms with E-state index in [1.54, 1.807) is 0 Å². The average Bonchev–Trinajstić information content (AvgIpc) is 2.27. The lowest BCUT2D eigenvalue weighted by molar-refractivity contribution is 0.865. The quantitative estimate of drug-likeness (QED) is 0.879. The second-order valence-corrected chi connectivity index (χ2v) is 4.79. The molecule has 18 heavy (non-hydrogen) atoms. The summed E-state index contributed by atoms with van der Waals surface area (Å²) in [7, 11) is 0. The highest BCUT2D eigenvalue weighted by Crippen LogP contribution is 2.25. The fourth-order valence-corrected chi connectivity index (χ4v) is 1.86. The number of benzene rings is 1. The maximum absolute atomic E-state index is 5.68. The van der Waals surface area contributed by atoms with Crippen LogP contribution in [0.15, 0.2) is 18.2 Å². The molecule has 2 N–H and O–H groups in total. The molecule has 0 spiro atoms. The van der Waals surface area contributed by atoms with E-state index < -0.39 is 0 Å². The van der Waals surface area contributed by atoms with Crippen molar-refractivity contribution in [2.75, 3.05) is 5.73 Å². The fourth-order valence-electron chi connectivity index (χ4n) is 1.86. The summed E-state index contributed by atoms with van der Waals surface area (Å²) in [5, 5.41) is 0. The lowest BCUT2D eigenvalue weighted by Crippen LogP contribution is -2.03. The third kappa shape index (κ3) is 2.47. The number of hydrogen-bond donors (Lipinski definition) is 1. The summed E-state index contributed by atoms with van der Waals surface area (Å²) >= 11 is 0. The van der Waals surface area contributed by atoms with Crippen molar-refractivity contribution >= 4 is 5.95 Å². The predicted octanol–water partition coefficient (Wildman–Crippen LogP) is 2.86.